The van der Waals surface area contributed by atoms with Gasteiger partial charge in [-0.2, -0.15) is 0 Å². The molecule has 1 unspecified atom stereocenters. The van der Waals surface area contributed by atoms with Gasteiger partial charge in [0.2, 0.25) is 0 Å². The molecule has 1 aromatic carbocycles. The summed E-state index contributed by atoms with van der Waals surface area (Å²) in [7, 11) is 1.31. The summed E-state index contributed by atoms with van der Waals surface area (Å²) >= 11 is -2.14. The van der Waals surface area contributed by atoms with E-state index in [1.54, 1.807) is 0 Å². The second-order valence-corrected chi connectivity index (χ2v) is 2.98. The molecule has 1 N–H and O–H groups in total. The van der Waals surface area contributed by atoms with Crippen molar-refractivity contribution in [3.05, 3.63) is 24.0 Å². The molecule has 0 spiro atoms. The molecule has 0 aromatic heterocycles. The Morgan fingerprint density at radius 1 is 1.58 bits per heavy atom. The molecular formula is C7H7FO3S. The molecule has 0 amide bonds. The lowest BCUT2D eigenvalue weighted by molar-refractivity contribution is 0.398. The average Bonchev–Trinajstić information content (AvgIpc) is 2.03. The van der Waals surface area contributed by atoms with Crippen molar-refractivity contribution in [1.82, 2.24) is 0 Å². The third-order valence-electron chi connectivity index (χ3n) is 1.31. The van der Waals surface area contributed by atoms with Crippen LogP contribution in [0.3, 0.4) is 0 Å². The van der Waals surface area contributed by atoms with E-state index in [1.165, 1.54) is 13.2 Å². The van der Waals surface area contributed by atoms with Crippen molar-refractivity contribution in [2.75, 3.05) is 7.11 Å². The summed E-state index contributed by atoms with van der Waals surface area (Å²) in [6, 6.07) is 3.37. The Hall–Kier alpha value is -0.940. The fourth-order valence-corrected chi connectivity index (χ4v) is 1.28. The van der Waals surface area contributed by atoms with Gasteiger partial charge in [-0.05, 0) is 12.1 Å². The van der Waals surface area contributed by atoms with Crippen molar-refractivity contribution >= 4 is 11.1 Å². The predicted octanol–water partition coefficient (Wildman–Crippen LogP) is 1.41. The molecule has 0 radical (unpaired) electrons. The van der Waals surface area contributed by atoms with E-state index in [9.17, 15) is 8.60 Å². The van der Waals surface area contributed by atoms with Crippen LogP contribution in [-0.2, 0) is 11.1 Å². The van der Waals surface area contributed by atoms with Crippen molar-refractivity contribution in [2.24, 2.45) is 0 Å². The smallest absolute Gasteiger partial charge is 0.190 e. The van der Waals surface area contributed by atoms with Crippen LogP contribution >= 0.6 is 0 Å². The zero-order valence-corrected chi connectivity index (χ0v) is 7.10. The first-order valence-electron chi connectivity index (χ1n) is 3.09. The molecule has 1 atom stereocenters. The van der Waals surface area contributed by atoms with Crippen LogP contribution in [0.4, 0.5) is 4.39 Å². The largest absolute Gasteiger partial charge is 0.495 e. The summed E-state index contributed by atoms with van der Waals surface area (Å²) in [6.07, 6.45) is 0. The molecule has 1 aromatic rings. The lowest BCUT2D eigenvalue weighted by Gasteiger charge is -2.03. The van der Waals surface area contributed by atoms with Crippen LogP contribution in [0.2, 0.25) is 0 Å². The van der Waals surface area contributed by atoms with Gasteiger partial charge in [0.1, 0.15) is 16.5 Å². The summed E-state index contributed by atoms with van der Waals surface area (Å²) in [5.74, 6) is -0.420. The van der Waals surface area contributed by atoms with Crippen LogP contribution in [0.25, 0.3) is 0 Å². The molecule has 1 rings (SSSR count). The van der Waals surface area contributed by atoms with Gasteiger partial charge in [0.15, 0.2) is 11.1 Å². The van der Waals surface area contributed by atoms with E-state index in [4.69, 9.17) is 9.29 Å². The first-order valence-corrected chi connectivity index (χ1v) is 4.20. The van der Waals surface area contributed by atoms with Crippen molar-refractivity contribution in [3.8, 4) is 5.75 Å². The highest BCUT2D eigenvalue weighted by Crippen LogP contribution is 2.21. The van der Waals surface area contributed by atoms with Crippen molar-refractivity contribution in [3.63, 3.8) is 0 Å². The zero-order valence-electron chi connectivity index (χ0n) is 6.28. The fourth-order valence-electron chi connectivity index (χ4n) is 0.786. The second kappa shape index (κ2) is 3.64. The van der Waals surface area contributed by atoms with E-state index in [0.717, 1.165) is 12.1 Å². The van der Waals surface area contributed by atoms with Gasteiger partial charge in [-0.1, -0.05) is 0 Å². The normalized spacial score (nSPS) is 12.6. The number of rotatable bonds is 2. The number of hydrogen-bond acceptors (Lipinski definition) is 2. The van der Waals surface area contributed by atoms with Crippen molar-refractivity contribution in [2.45, 2.75) is 4.90 Å². The minimum atomic E-state index is -2.14. The van der Waals surface area contributed by atoms with Crippen LogP contribution in [0, 0.1) is 5.82 Å². The fraction of sp³-hybridized carbons (Fsp3) is 0.143. The standard InChI is InChI=1S/C7H7FO3S/c1-11-6-4-5(8)2-3-7(6)12(9)10/h2-4H,1H3,(H,9,10). The first-order chi connectivity index (χ1) is 5.65. The third-order valence-corrected chi connectivity index (χ3v) is 2.03. The topological polar surface area (TPSA) is 46.5 Å². The van der Waals surface area contributed by atoms with Crippen LogP contribution in [0.1, 0.15) is 0 Å². The van der Waals surface area contributed by atoms with Crippen LogP contribution in [0.15, 0.2) is 23.1 Å². The highest BCUT2D eigenvalue weighted by molar-refractivity contribution is 7.79. The lowest BCUT2D eigenvalue weighted by atomic mass is 10.3. The highest BCUT2D eigenvalue weighted by Gasteiger charge is 2.08. The van der Waals surface area contributed by atoms with Crippen LogP contribution < -0.4 is 4.74 Å². The Morgan fingerprint density at radius 3 is 2.75 bits per heavy atom. The highest BCUT2D eigenvalue weighted by atomic mass is 32.2. The lowest BCUT2D eigenvalue weighted by Crippen LogP contribution is -1.94. The van der Waals surface area contributed by atoms with Gasteiger partial charge in [0.25, 0.3) is 0 Å². The van der Waals surface area contributed by atoms with E-state index in [1.807, 2.05) is 0 Å². The van der Waals surface area contributed by atoms with E-state index >= 15 is 0 Å². The molecule has 5 heteroatoms. The van der Waals surface area contributed by atoms with Gasteiger partial charge in [0.05, 0.1) is 7.11 Å². The summed E-state index contributed by atoms with van der Waals surface area (Å²) in [6.45, 7) is 0. The van der Waals surface area contributed by atoms with Gasteiger partial charge < -0.3 is 9.29 Å². The van der Waals surface area contributed by atoms with E-state index < -0.39 is 16.9 Å². The van der Waals surface area contributed by atoms with Gasteiger partial charge >= 0.3 is 0 Å². The number of ether oxygens (including phenoxy) is 1. The molecule has 0 fully saturated rings. The second-order valence-electron chi connectivity index (χ2n) is 2.04. The molecule has 0 saturated carbocycles. The third kappa shape index (κ3) is 1.80. The molecule has 0 aliphatic carbocycles. The molecule has 0 bridgehead atoms. The molecule has 12 heavy (non-hydrogen) atoms. The molecule has 0 saturated heterocycles. The molecule has 0 aliphatic rings. The van der Waals surface area contributed by atoms with Crippen LogP contribution in [-0.4, -0.2) is 15.9 Å². The maximum Gasteiger partial charge on any atom is 0.190 e. The van der Waals surface area contributed by atoms with E-state index in [2.05, 4.69) is 0 Å². The molecule has 3 nitrogen and oxygen atoms in total. The van der Waals surface area contributed by atoms with Crippen molar-refractivity contribution in [1.29, 1.82) is 0 Å². The Kier molecular flexibility index (Phi) is 2.78. The van der Waals surface area contributed by atoms with E-state index in [-0.39, 0.29) is 10.6 Å². The summed E-state index contributed by atoms with van der Waals surface area (Å²) in [4.78, 5) is 0.0684. The first kappa shape index (κ1) is 9.15. The number of hydrogen-bond donors (Lipinski definition) is 1. The SMILES string of the molecule is COc1cc(F)ccc1S(=O)O. The van der Waals surface area contributed by atoms with Crippen LogP contribution in [0.5, 0.6) is 5.75 Å². The monoisotopic (exact) mass is 190 g/mol. The summed E-state index contributed by atoms with van der Waals surface area (Å²) in [5, 5.41) is 0. The minimum absolute atomic E-state index is 0.0684. The Labute approximate surface area is 71.5 Å². The molecule has 0 heterocycles. The Balaban J connectivity index is 3.20. The summed E-state index contributed by atoms with van der Waals surface area (Å²) in [5.41, 5.74) is 0. The number of benzene rings is 1. The number of halogens is 1. The van der Waals surface area contributed by atoms with Crippen molar-refractivity contribution < 1.29 is 17.9 Å². The van der Waals surface area contributed by atoms with E-state index in [0.29, 0.717) is 0 Å². The zero-order chi connectivity index (χ0) is 9.14. The van der Waals surface area contributed by atoms with Gasteiger partial charge in [-0.15, -0.1) is 0 Å². The number of methoxy groups -OCH3 is 1. The maximum absolute atomic E-state index is 12.5. The molecule has 0 aliphatic heterocycles. The van der Waals surface area contributed by atoms with Gasteiger partial charge in [0, 0.05) is 6.07 Å². The Morgan fingerprint density at radius 2 is 2.25 bits per heavy atom. The predicted molar refractivity (Wildman–Crippen MR) is 42.0 cm³/mol. The molecular weight excluding hydrogens is 183 g/mol. The Bertz CT molecular complexity index is 314. The minimum Gasteiger partial charge on any atom is -0.495 e. The van der Waals surface area contributed by atoms with Gasteiger partial charge in [-0.3, -0.25) is 0 Å². The maximum atomic E-state index is 12.5. The quantitative estimate of drug-likeness (QED) is 0.717. The summed E-state index contributed by atoms with van der Waals surface area (Å²) < 4.78 is 36.5. The van der Waals surface area contributed by atoms with Gasteiger partial charge in [-0.25, -0.2) is 8.60 Å². The average molecular weight is 190 g/mol. The molecule has 66 valence electrons.